The van der Waals surface area contributed by atoms with E-state index in [4.69, 9.17) is 9.84 Å². The summed E-state index contributed by atoms with van der Waals surface area (Å²) in [7, 11) is 0. The summed E-state index contributed by atoms with van der Waals surface area (Å²) in [6.45, 7) is 0.163. The van der Waals surface area contributed by atoms with Crippen molar-refractivity contribution in [2.45, 2.75) is 6.42 Å². The summed E-state index contributed by atoms with van der Waals surface area (Å²) in [6.07, 6.45) is 3.19. The Hall–Kier alpha value is -3.46. The van der Waals surface area contributed by atoms with Gasteiger partial charge < -0.3 is 15.2 Å². The van der Waals surface area contributed by atoms with Crippen LogP contribution in [0.1, 0.15) is 16.9 Å². The molecule has 0 atom stereocenters. The van der Waals surface area contributed by atoms with Crippen molar-refractivity contribution < 1.29 is 27.8 Å². The Balaban J connectivity index is 1.88. The van der Waals surface area contributed by atoms with Gasteiger partial charge in [0.05, 0.1) is 18.4 Å². The molecule has 1 aromatic carbocycles. The second kappa shape index (κ2) is 9.16. The number of aliphatic hydroxyl groups excluding tert-OH is 1. The number of aromatic nitrogens is 2. The van der Waals surface area contributed by atoms with Crippen LogP contribution in [-0.4, -0.2) is 34.2 Å². The third kappa shape index (κ3) is 4.69. The van der Waals surface area contributed by atoms with Crippen molar-refractivity contribution in [1.29, 1.82) is 0 Å². The number of ether oxygens (including phenoxy) is 1. The number of benzene rings is 1. The molecule has 0 aliphatic heterocycles. The quantitative estimate of drug-likeness (QED) is 0.589. The molecule has 3 rings (SSSR count). The number of aliphatic hydroxyl groups is 1. The predicted molar refractivity (Wildman–Crippen MR) is 98.9 cm³/mol. The van der Waals surface area contributed by atoms with E-state index in [1.54, 1.807) is 0 Å². The van der Waals surface area contributed by atoms with E-state index in [1.165, 1.54) is 18.5 Å². The first-order chi connectivity index (χ1) is 14.0. The van der Waals surface area contributed by atoms with Crippen molar-refractivity contribution in [3.8, 4) is 17.0 Å². The molecular weight excluding hydrogens is 387 g/mol. The molecule has 1 amide bonds. The Kier molecular flexibility index (Phi) is 6.40. The van der Waals surface area contributed by atoms with Crippen LogP contribution in [0.3, 0.4) is 0 Å². The lowest BCUT2D eigenvalue weighted by atomic mass is 10.1. The number of rotatable bonds is 7. The van der Waals surface area contributed by atoms with Gasteiger partial charge in [0.15, 0.2) is 0 Å². The Morgan fingerprint density at radius 3 is 2.55 bits per heavy atom. The van der Waals surface area contributed by atoms with E-state index >= 15 is 0 Å². The van der Waals surface area contributed by atoms with Crippen molar-refractivity contribution in [1.82, 2.24) is 9.97 Å². The molecule has 0 bridgehead atoms. The highest BCUT2D eigenvalue weighted by Gasteiger charge is 2.20. The van der Waals surface area contributed by atoms with Crippen LogP contribution in [0.2, 0.25) is 0 Å². The molecule has 0 saturated heterocycles. The highest BCUT2D eigenvalue weighted by molar-refractivity contribution is 6.03. The van der Waals surface area contributed by atoms with E-state index in [0.29, 0.717) is 12.2 Å². The van der Waals surface area contributed by atoms with Crippen molar-refractivity contribution in [3.05, 3.63) is 71.9 Å². The molecule has 2 N–H and O–H groups in total. The van der Waals surface area contributed by atoms with Gasteiger partial charge in [-0.05, 0) is 24.3 Å². The standard InChI is InChI=1S/C20H16F3N3O3/c21-12-3-1-4-13(22)18(12)19-14(23)5-6-15(25-19)20(28)26-16-11-24-8-7-17(16)29-10-2-9-27/h1,3-8,11,27H,2,9-10H2,(H,26,28). The summed E-state index contributed by atoms with van der Waals surface area (Å²) in [4.78, 5) is 20.3. The van der Waals surface area contributed by atoms with Crippen LogP contribution >= 0.6 is 0 Å². The molecule has 0 unspecified atom stereocenters. The number of carbonyl (C=O) groups excluding carboxylic acids is 1. The van der Waals surface area contributed by atoms with Crippen LogP contribution in [0.5, 0.6) is 5.75 Å². The zero-order valence-corrected chi connectivity index (χ0v) is 15.0. The van der Waals surface area contributed by atoms with E-state index in [-0.39, 0.29) is 24.6 Å². The molecule has 29 heavy (non-hydrogen) atoms. The maximum atomic E-state index is 14.2. The number of carbonyl (C=O) groups is 1. The number of pyridine rings is 2. The van der Waals surface area contributed by atoms with Crippen molar-refractivity contribution >= 4 is 11.6 Å². The number of hydrogen-bond acceptors (Lipinski definition) is 5. The molecule has 0 spiro atoms. The summed E-state index contributed by atoms with van der Waals surface area (Å²) in [5, 5.41) is 11.4. The second-order valence-corrected chi connectivity index (χ2v) is 5.88. The lowest BCUT2D eigenvalue weighted by molar-refractivity contribution is 0.102. The van der Waals surface area contributed by atoms with E-state index in [0.717, 1.165) is 30.3 Å². The minimum Gasteiger partial charge on any atom is -0.491 e. The van der Waals surface area contributed by atoms with Gasteiger partial charge in [-0.25, -0.2) is 18.2 Å². The first-order valence-electron chi connectivity index (χ1n) is 8.61. The zero-order chi connectivity index (χ0) is 20.8. The molecule has 0 fully saturated rings. The van der Waals surface area contributed by atoms with Crippen molar-refractivity contribution in [3.63, 3.8) is 0 Å². The number of hydrogen-bond donors (Lipinski definition) is 2. The summed E-state index contributed by atoms with van der Waals surface area (Å²) in [5.41, 5.74) is -1.30. The maximum Gasteiger partial charge on any atom is 0.274 e. The normalized spacial score (nSPS) is 10.6. The molecule has 0 radical (unpaired) electrons. The Bertz CT molecular complexity index is 1010. The average Bonchev–Trinajstić information content (AvgIpc) is 2.70. The van der Waals surface area contributed by atoms with Gasteiger partial charge in [-0.1, -0.05) is 6.07 Å². The summed E-state index contributed by atoms with van der Waals surface area (Å²) in [6, 6.07) is 6.60. The fraction of sp³-hybridized carbons (Fsp3) is 0.150. The molecule has 0 saturated carbocycles. The van der Waals surface area contributed by atoms with Gasteiger partial charge in [0, 0.05) is 25.3 Å². The third-order valence-electron chi connectivity index (χ3n) is 3.87. The molecule has 9 heteroatoms. The molecule has 6 nitrogen and oxygen atoms in total. The largest absolute Gasteiger partial charge is 0.491 e. The first-order valence-corrected chi connectivity index (χ1v) is 8.61. The van der Waals surface area contributed by atoms with Crippen LogP contribution in [0.15, 0.2) is 48.8 Å². The fourth-order valence-electron chi connectivity index (χ4n) is 2.50. The Labute approximate surface area is 164 Å². The topological polar surface area (TPSA) is 84.3 Å². The number of nitrogens with one attached hydrogen (secondary N) is 1. The zero-order valence-electron chi connectivity index (χ0n) is 15.0. The van der Waals surface area contributed by atoms with E-state index < -0.39 is 34.6 Å². The maximum absolute atomic E-state index is 14.2. The smallest absolute Gasteiger partial charge is 0.274 e. The van der Waals surface area contributed by atoms with Crippen molar-refractivity contribution in [2.24, 2.45) is 0 Å². The number of nitrogens with zero attached hydrogens (tertiary/aromatic N) is 2. The molecule has 0 aliphatic carbocycles. The predicted octanol–water partition coefficient (Wildman–Crippen LogP) is 3.57. The Morgan fingerprint density at radius 1 is 1.07 bits per heavy atom. The second-order valence-electron chi connectivity index (χ2n) is 5.88. The fourth-order valence-corrected chi connectivity index (χ4v) is 2.50. The van der Waals surface area contributed by atoms with Gasteiger partial charge in [-0.15, -0.1) is 0 Å². The van der Waals surface area contributed by atoms with Crippen LogP contribution in [0, 0.1) is 17.5 Å². The minimum atomic E-state index is -0.999. The molecule has 2 aromatic heterocycles. The molecule has 3 aromatic rings. The van der Waals surface area contributed by atoms with Gasteiger partial charge in [0.2, 0.25) is 0 Å². The number of amides is 1. The molecule has 2 heterocycles. The van der Waals surface area contributed by atoms with Crippen LogP contribution in [-0.2, 0) is 0 Å². The highest BCUT2D eigenvalue weighted by Crippen LogP contribution is 2.28. The molecule has 0 aliphatic rings. The first kappa shape index (κ1) is 20.3. The average molecular weight is 403 g/mol. The molecule has 150 valence electrons. The SMILES string of the molecule is O=C(Nc1cnccc1OCCCO)c1ccc(F)c(-c2c(F)cccc2F)n1. The number of anilines is 1. The minimum absolute atomic E-state index is 0.0539. The van der Waals surface area contributed by atoms with Gasteiger partial charge in [-0.3, -0.25) is 9.78 Å². The van der Waals surface area contributed by atoms with Gasteiger partial charge in [0.1, 0.15) is 40.3 Å². The lowest BCUT2D eigenvalue weighted by Gasteiger charge is -2.12. The number of halogens is 3. The van der Waals surface area contributed by atoms with Crippen LogP contribution < -0.4 is 10.1 Å². The Morgan fingerprint density at radius 2 is 1.83 bits per heavy atom. The monoisotopic (exact) mass is 403 g/mol. The van der Waals surface area contributed by atoms with Crippen LogP contribution in [0.4, 0.5) is 18.9 Å². The summed E-state index contributed by atoms with van der Waals surface area (Å²) >= 11 is 0. The van der Waals surface area contributed by atoms with Gasteiger partial charge in [-0.2, -0.15) is 0 Å². The van der Waals surface area contributed by atoms with Gasteiger partial charge >= 0.3 is 0 Å². The van der Waals surface area contributed by atoms with Crippen LogP contribution in [0.25, 0.3) is 11.3 Å². The van der Waals surface area contributed by atoms with E-state index in [9.17, 15) is 18.0 Å². The highest BCUT2D eigenvalue weighted by atomic mass is 19.1. The summed E-state index contributed by atoms with van der Waals surface area (Å²) < 4.78 is 47.6. The third-order valence-corrected chi connectivity index (χ3v) is 3.87. The van der Waals surface area contributed by atoms with E-state index in [2.05, 4.69) is 15.3 Å². The lowest BCUT2D eigenvalue weighted by Crippen LogP contribution is -2.16. The summed E-state index contributed by atoms with van der Waals surface area (Å²) in [5.74, 6) is -3.41. The van der Waals surface area contributed by atoms with E-state index in [1.807, 2.05) is 0 Å². The van der Waals surface area contributed by atoms with Gasteiger partial charge in [0.25, 0.3) is 5.91 Å². The molecular formula is C20H16F3N3O3. The van der Waals surface area contributed by atoms with Crippen molar-refractivity contribution in [2.75, 3.05) is 18.5 Å².